The van der Waals surface area contributed by atoms with Gasteiger partial charge in [0.1, 0.15) is 9.90 Å². The van der Waals surface area contributed by atoms with E-state index in [1.54, 1.807) is 11.8 Å². The third kappa shape index (κ3) is 4.11. The molecule has 5 nitrogen and oxygen atoms in total. The number of thioether (sulfide) groups is 1. The molecule has 94 valence electrons. The SMILES string of the molecule is C#CCSCCNc1snc(N)c1S(C)(=O)=O. The first-order valence-corrected chi connectivity index (χ1v) is 8.49. The lowest BCUT2D eigenvalue weighted by Crippen LogP contribution is -2.08. The Morgan fingerprint density at radius 1 is 1.65 bits per heavy atom. The lowest BCUT2D eigenvalue weighted by atomic mass is 10.6. The first-order chi connectivity index (χ1) is 7.96. The summed E-state index contributed by atoms with van der Waals surface area (Å²) >= 11 is 2.65. The number of nitrogen functional groups attached to an aromatic ring is 1. The van der Waals surface area contributed by atoms with Crippen LogP contribution in [0.4, 0.5) is 10.8 Å². The Labute approximate surface area is 109 Å². The summed E-state index contributed by atoms with van der Waals surface area (Å²) < 4.78 is 26.8. The molecule has 3 N–H and O–H groups in total. The fraction of sp³-hybridized carbons (Fsp3) is 0.444. The number of rotatable bonds is 6. The molecule has 0 fully saturated rings. The van der Waals surface area contributed by atoms with Crippen LogP contribution in [-0.4, -0.2) is 37.1 Å². The van der Waals surface area contributed by atoms with Gasteiger partial charge in [0.2, 0.25) is 0 Å². The van der Waals surface area contributed by atoms with Crippen LogP contribution in [0.15, 0.2) is 4.90 Å². The maximum Gasteiger partial charge on any atom is 0.182 e. The van der Waals surface area contributed by atoms with Crippen LogP contribution in [0.2, 0.25) is 0 Å². The molecule has 0 amide bonds. The van der Waals surface area contributed by atoms with E-state index < -0.39 is 9.84 Å². The minimum Gasteiger partial charge on any atom is -0.382 e. The number of hydrogen-bond donors (Lipinski definition) is 2. The van der Waals surface area contributed by atoms with Crippen molar-refractivity contribution in [1.29, 1.82) is 0 Å². The molecule has 0 aliphatic heterocycles. The van der Waals surface area contributed by atoms with Crippen LogP contribution >= 0.6 is 23.3 Å². The molecule has 1 heterocycles. The van der Waals surface area contributed by atoms with Crippen LogP contribution in [-0.2, 0) is 9.84 Å². The van der Waals surface area contributed by atoms with Gasteiger partial charge in [0.15, 0.2) is 15.7 Å². The van der Waals surface area contributed by atoms with Crippen LogP contribution in [0, 0.1) is 12.3 Å². The molecule has 1 aromatic rings. The van der Waals surface area contributed by atoms with Gasteiger partial charge in [-0.1, -0.05) is 5.92 Å². The van der Waals surface area contributed by atoms with Gasteiger partial charge >= 0.3 is 0 Å². The number of nitrogens with one attached hydrogen (secondary N) is 1. The molecule has 17 heavy (non-hydrogen) atoms. The molecule has 0 saturated carbocycles. The number of hydrogen-bond acceptors (Lipinski definition) is 7. The van der Waals surface area contributed by atoms with Crippen LogP contribution in [0.3, 0.4) is 0 Å². The van der Waals surface area contributed by atoms with Gasteiger partial charge in [0.25, 0.3) is 0 Å². The van der Waals surface area contributed by atoms with E-state index in [-0.39, 0.29) is 10.7 Å². The Morgan fingerprint density at radius 2 is 2.35 bits per heavy atom. The monoisotopic (exact) mass is 291 g/mol. The number of terminal acetylenes is 1. The molecule has 1 rings (SSSR count). The van der Waals surface area contributed by atoms with E-state index in [0.717, 1.165) is 23.5 Å². The standard InChI is InChI=1S/C9H13N3O2S3/c1-3-5-15-6-4-11-9-7(17(2,13)14)8(10)12-16-9/h1,11H,4-6H2,2H3,(H2,10,12). The van der Waals surface area contributed by atoms with Crippen molar-refractivity contribution in [2.45, 2.75) is 4.90 Å². The molecule has 0 radical (unpaired) electrons. The fourth-order valence-corrected chi connectivity index (χ4v) is 3.73. The Hall–Kier alpha value is -0.910. The van der Waals surface area contributed by atoms with E-state index in [1.807, 2.05) is 0 Å². The first kappa shape index (κ1) is 14.2. The molecule has 0 saturated heterocycles. The fourth-order valence-electron chi connectivity index (χ4n) is 1.13. The van der Waals surface area contributed by atoms with Gasteiger partial charge in [-0.25, -0.2) is 8.42 Å². The van der Waals surface area contributed by atoms with E-state index in [2.05, 4.69) is 15.6 Å². The minimum atomic E-state index is -3.35. The Balaban J connectivity index is 2.64. The zero-order chi connectivity index (χ0) is 12.9. The Morgan fingerprint density at radius 3 is 2.94 bits per heavy atom. The van der Waals surface area contributed by atoms with E-state index in [0.29, 0.717) is 17.3 Å². The molecule has 0 atom stereocenters. The summed E-state index contributed by atoms with van der Waals surface area (Å²) in [6.45, 7) is 0.622. The van der Waals surface area contributed by atoms with Crippen LogP contribution in [0.25, 0.3) is 0 Å². The summed E-state index contributed by atoms with van der Waals surface area (Å²) in [5.41, 5.74) is 5.53. The summed E-state index contributed by atoms with van der Waals surface area (Å²) in [4.78, 5) is 0.0875. The lowest BCUT2D eigenvalue weighted by molar-refractivity contribution is 0.602. The molecule has 8 heteroatoms. The van der Waals surface area contributed by atoms with Gasteiger partial charge in [-0.05, 0) is 11.5 Å². The zero-order valence-electron chi connectivity index (χ0n) is 9.26. The topological polar surface area (TPSA) is 85.1 Å². The molecule has 0 aliphatic carbocycles. The van der Waals surface area contributed by atoms with Gasteiger partial charge in [-0.15, -0.1) is 18.2 Å². The first-order valence-electron chi connectivity index (χ1n) is 4.67. The summed E-state index contributed by atoms with van der Waals surface area (Å²) in [6, 6.07) is 0. The Kier molecular flexibility index (Phi) is 5.11. The molecule has 0 aromatic carbocycles. The predicted octanol–water partition coefficient (Wildman–Crippen LogP) is 0.907. The number of nitrogens with two attached hydrogens (primary N) is 1. The van der Waals surface area contributed by atoms with Gasteiger partial charge < -0.3 is 11.1 Å². The molecular formula is C9H13N3O2S3. The van der Waals surface area contributed by atoms with Gasteiger partial charge in [0, 0.05) is 18.6 Å². The predicted molar refractivity (Wildman–Crippen MR) is 74.3 cm³/mol. The molecular weight excluding hydrogens is 278 g/mol. The molecule has 0 spiro atoms. The van der Waals surface area contributed by atoms with E-state index >= 15 is 0 Å². The minimum absolute atomic E-state index is 0.0521. The van der Waals surface area contributed by atoms with Crippen LogP contribution in [0.5, 0.6) is 0 Å². The van der Waals surface area contributed by atoms with Crippen LogP contribution in [0.1, 0.15) is 0 Å². The van der Waals surface area contributed by atoms with Crippen LogP contribution < -0.4 is 11.1 Å². The smallest absolute Gasteiger partial charge is 0.182 e. The number of sulfone groups is 1. The summed E-state index contributed by atoms with van der Waals surface area (Å²) in [5, 5.41) is 3.50. The van der Waals surface area contributed by atoms with Crippen molar-refractivity contribution in [3.63, 3.8) is 0 Å². The largest absolute Gasteiger partial charge is 0.382 e. The third-order valence-corrected chi connectivity index (χ3v) is 4.73. The van der Waals surface area contributed by atoms with E-state index in [1.165, 1.54) is 0 Å². The number of nitrogens with zero attached hydrogens (tertiary/aromatic N) is 1. The molecule has 0 unspecified atom stereocenters. The Bertz CT molecular complexity index is 516. The zero-order valence-corrected chi connectivity index (χ0v) is 11.7. The van der Waals surface area contributed by atoms with Crippen molar-refractivity contribution in [3.05, 3.63) is 0 Å². The summed E-state index contributed by atoms with van der Waals surface area (Å²) in [6.07, 6.45) is 6.23. The van der Waals surface area contributed by atoms with Crippen molar-refractivity contribution >= 4 is 44.0 Å². The summed E-state index contributed by atoms with van der Waals surface area (Å²) in [5.74, 6) is 4.01. The maximum atomic E-state index is 11.5. The maximum absolute atomic E-state index is 11.5. The van der Waals surface area contributed by atoms with E-state index in [4.69, 9.17) is 12.2 Å². The van der Waals surface area contributed by atoms with Crippen molar-refractivity contribution in [3.8, 4) is 12.3 Å². The molecule has 0 bridgehead atoms. The molecule has 1 aromatic heterocycles. The average Bonchev–Trinajstić information content (AvgIpc) is 2.59. The van der Waals surface area contributed by atoms with Crippen molar-refractivity contribution < 1.29 is 8.42 Å². The van der Waals surface area contributed by atoms with Gasteiger partial charge in [-0.3, -0.25) is 0 Å². The van der Waals surface area contributed by atoms with Crippen molar-refractivity contribution in [2.24, 2.45) is 0 Å². The summed E-state index contributed by atoms with van der Waals surface area (Å²) in [7, 11) is -3.35. The van der Waals surface area contributed by atoms with Crippen molar-refractivity contribution in [1.82, 2.24) is 4.37 Å². The molecule has 0 aliphatic rings. The second-order valence-corrected chi connectivity index (χ2v) is 7.01. The highest BCUT2D eigenvalue weighted by Gasteiger charge is 2.20. The third-order valence-electron chi connectivity index (χ3n) is 1.76. The highest BCUT2D eigenvalue weighted by molar-refractivity contribution is 7.99. The number of aromatic nitrogens is 1. The highest BCUT2D eigenvalue weighted by atomic mass is 32.2. The lowest BCUT2D eigenvalue weighted by Gasteiger charge is -2.04. The van der Waals surface area contributed by atoms with Gasteiger partial charge in [0.05, 0.1) is 5.75 Å². The van der Waals surface area contributed by atoms with E-state index in [9.17, 15) is 8.42 Å². The van der Waals surface area contributed by atoms with Crippen molar-refractivity contribution in [2.75, 3.05) is 35.4 Å². The van der Waals surface area contributed by atoms with Gasteiger partial charge in [-0.2, -0.15) is 4.37 Å². The normalized spacial score (nSPS) is 11.1. The highest BCUT2D eigenvalue weighted by Crippen LogP contribution is 2.31. The quantitative estimate of drug-likeness (QED) is 0.598. The second kappa shape index (κ2) is 6.14. The second-order valence-electron chi connectivity index (χ2n) is 3.18. The average molecular weight is 291 g/mol. The number of anilines is 2.